The van der Waals surface area contributed by atoms with Crippen LogP contribution in [-0.4, -0.2) is 15.9 Å². The molecule has 0 radical (unpaired) electrons. The molecule has 35 heavy (non-hydrogen) atoms. The SMILES string of the molecule is O=C(Cc1ccccc1)Nc1nc2c(nc1CC13CC4CC(CC(C4)C1)C3)-c1ccccc1CC2. The van der Waals surface area contributed by atoms with Crippen molar-refractivity contribution >= 4 is 11.7 Å². The third-order valence-corrected chi connectivity index (χ3v) is 9.12. The van der Waals surface area contributed by atoms with Gasteiger partial charge in [0, 0.05) is 5.56 Å². The van der Waals surface area contributed by atoms with Crippen LogP contribution in [0.1, 0.15) is 61.0 Å². The van der Waals surface area contributed by atoms with Crippen molar-refractivity contribution in [1.29, 1.82) is 0 Å². The van der Waals surface area contributed by atoms with Crippen molar-refractivity contribution in [3.05, 3.63) is 77.1 Å². The highest BCUT2D eigenvalue weighted by atomic mass is 16.1. The van der Waals surface area contributed by atoms with Gasteiger partial charge in [-0.3, -0.25) is 4.79 Å². The van der Waals surface area contributed by atoms with Crippen molar-refractivity contribution in [3.8, 4) is 11.3 Å². The smallest absolute Gasteiger partial charge is 0.229 e. The molecule has 2 aromatic carbocycles. The van der Waals surface area contributed by atoms with Crippen molar-refractivity contribution in [1.82, 2.24) is 9.97 Å². The zero-order chi connectivity index (χ0) is 23.4. The number of hydrogen-bond donors (Lipinski definition) is 1. The maximum absolute atomic E-state index is 13.1. The summed E-state index contributed by atoms with van der Waals surface area (Å²) in [6.45, 7) is 0. The Bertz CT molecular complexity index is 1250. The Kier molecular flexibility index (Phi) is 5.04. The third kappa shape index (κ3) is 3.97. The minimum Gasteiger partial charge on any atom is -0.309 e. The predicted molar refractivity (Wildman–Crippen MR) is 138 cm³/mol. The van der Waals surface area contributed by atoms with Gasteiger partial charge in [0.05, 0.1) is 23.5 Å². The molecule has 4 fully saturated rings. The molecule has 4 saturated carbocycles. The number of carbonyl (C=O) groups is 1. The van der Waals surface area contributed by atoms with E-state index in [0.29, 0.717) is 17.7 Å². The number of benzene rings is 2. The van der Waals surface area contributed by atoms with Gasteiger partial charge in [0.25, 0.3) is 0 Å². The molecule has 178 valence electrons. The second-order valence-corrected chi connectivity index (χ2v) is 11.8. The fourth-order valence-corrected chi connectivity index (χ4v) is 8.16. The molecule has 0 spiro atoms. The van der Waals surface area contributed by atoms with Crippen LogP contribution < -0.4 is 5.32 Å². The Hall–Kier alpha value is -3.01. The zero-order valence-electron chi connectivity index (χ0n) is 20.3. The quantitative estimate of drug-likeness (QED) is 0.491. The lowest BCUT2D eigenvalue weighted by Gasteiger charge is -2.57. The number of aromatic nitrogens is 2. The van der Waals surface area contributed by atoms with Gasteiger partial charge in [-0.1, -0.05) is 54.6 Å². The third-order valence-electron chi connectivity index (χ3n) is 9.12. The van der Waals surface area contributed by atoms with Crippen molar-refractivity contribution in [2.45, 2.75) is 64.2 Å². The van der Waals surface area contributed by atoms with Crippen molar-refractivity contribution in [3.63, 3.8) is 0 Å². The van der Waals surface area contributed by atoms with Crippen LogP contribution in [0.3, 0.4) is 0 Å². The zero-order valence-corrected chi connectivity index (χ0v) is 20.3. The van der Waals surface area contributed by atoms with Gasteiger partial charge in [0.2, 0.25) is 5.91 Å². The molecule has 5 aliphatic carbocycles. The Morgan fingerprint density at radius 1 is 0.857 bits per heavy atom. The van der Waals surface area contributed by atoms with Crippen LogP contribution in [0.15, 0.2) is 54.6 Å². The summed E-state index contributed by atoms with van der Waals surface area (Å²) in [4.78, 5) is 23.5. The van der Waals surface area contributed by atoms with E-state index in [4.69, 9.17) is 9.97 Å². The first-order chi connectivity index (χ1) is 17.1. The highest BCUT2D eigenvalue weighted by Gasteiger charge is 2.51. The van der Waals surface area contributed by atoms with Gasteiger partial charge in [-0.15, -0.1) is 0 Å². The number of rotatable bonds is 5. The van der Waals surface area contributed by atoms with Gasteiger partial charge in [-0.05, 0) is 92.1 Å². The second kappa shape index (κ2) is 8.29. The monoisotopic (exact) mass is 463 g/mol. The molecule has 8 rings (SSSR count). The predicted octanol–water partition coefficient (Wildman–Crippen LogP) is 6.18. The lowest BCUT2D eigenvalue weighted by Crippen LogP contribution is -2.47. The van der Waals surface area contributed by atoms with Crippen molar-refractivity contribution in [2.24, 2.45) is 23.2 Å². The van der Waals surface area contributed by atoms with E-state index in [-0.39, 0.29) is 5.91 Å². The molecule has 0 atom stereocenters. The standard InChI is InChI=1S/C31H33N3O/c35-28(15-20-6-2-1-3-7-20)34-30-27(19-31-16-21-12-22(17-31)14-23(13-21)18-31)32-29-25-9-5-4-8-24(25)10-11-26(29)33-30/h1-9,21-23H,10-19H2,(H,33,34,35). The van der Waals surface area contributed by atoms with Gasteiger partial charge in [0.1, 0.15) is 0 Å². The number of nitrogens with one attached hydrogen (secondary N) is 1. The summed E-state index contributed by atoms with van der Waals surface area (Å²) in [6, 6.07) is 18.6. The highest BCUT2D eigenvalue weighted by Crippen LogP contribution is 2.61. The molecule has 0 unspecified atom stereocenters. The molecule has 1 aromatic heterocycles. The Balaban J connectivity index is 1.25. The summed E-state index contributed by atoms with van der Waals surface area (Å²) < 4.78 is 0. The molecule has 0 saturated heterocycles. The van der Waals surface area contributed by atoms with E-state index in [1.807, 2.05) is 30.3 Å². The molecule has 1 amide bonds. The van der Waals surface area contributed by atoms with Crippen molar-refractivity contribution < 1.29 is 4.79 Å². The normalized spacial score (nSPS) is 27.8. The number of aryl methyl sites for hydroxylation is 2. The maximum atomic E-state index is 13.1. The summed E-state index contributed by atoms with van der Waals surface area (Å²) in [5.74, 6) is 3.38. The van der Waals surface area contributed by atoms with Crippen LogP contribution in [0.4, 0.5) is 5.82 Å². The Morgan fingerprint density at radius 2 is 1.54 bits per heavy atom. The average Bonchev–Trinajstić information content (AvgIpc) is 2.84. The van der Waals surface area contributed by atoms with E-state index in [2.05, 4.69) is 29.6 Å². The number of nitrogens with zero attached hydrogens (tertiary/aromatic N) is 2. The van der Waals surface area contributed by atoms with Crippen LogP contribution in [-0.2, 0) is 30.5 Å². The largest absolute Gasteiger partial charge is 0.309 e. The second-order valence-electron chi connectivity index (χ2n) is 11.8. The van der Waals surface area contributed by atoms with Crippen LogP contribution >= 0.6 is 0 Å². The number of carbonyl (C=O) groups excluding carboxylic acids is 1. The Morgan fingerprint density at radius 3 is 2.29 bits per heavy atom. The molecule has 4 bridgehead atoms. The van der Waals surface area contributed by atoms with Crippen LogP contribution in [0.2, 0.25) is 0 Å². The van der Waals surface area contributed by atoms with E-state index >= 15 is 0 Å². The lowest BCUT2D eigenvalue weighted by molar-refractivity contribution is -0.115. The number of hydrogen-bond acceptors (Lipinski definition) is 3. The molecule has 3 aromatic rings. The molecule has 1 heterocycles. The summed E-state index contributed by atoms with van der Waals surface area (Å²) in [6.07, 6.45) is 11.4. The van der Waals surface area contributed by atoms with Gasteiger partial charge in [0.15, 0.2) is 5.82 Å². The first-order valence-electron chi connectivity index (χ1n) is 13.4. The minimum atomic E-state index is -0.00609. The summed E-state index contributed by atoms with van der Waals surface area (Å²) in [7, 11) is 0. The van der Waals surface area contributed by atoms with Crippen molar-refractivity contribution in [2.75, 3.05) is 5.32 Å². The summed E-state index contributed by atoms with van der Waals surface area (Å²) in [5, 5.41) is 3.20. The van der Waals surface area contributed by atoms with Gasteiger partial charge in [-0.2, -0.15) is 0 Å². The fourth-order valence-electron chi connectivity index (χ4n) is 8.16. The van der Waals surface area contributed by atoms with Crippen LogP contribution in [0, 0.1) is 23.2 Å². The number of fused-ring (bicyclic) bond motifs is 3. The van der Waals surface area contributed by atoms with E-state index < -0.39 is 0 Å². The molecule has 1 N–H and O–H groups in total. The first-order valence-corrected chi connectivity index (χ1v) is 13.4. The topological polar surface area (TPSA) is 54.9 Å². The number of anilines is 1. The molecule has 4 heteroatoms. The Labute approximate surface area is 207 Å². The van der Waals surface area contributed by atoms with E-state index in [9.17, 15) is 4.79 Å². The molecular formula is C31H33N3O. The van der Waals surface area contributed by atoms with E-state index in [1.54, 1.807) is 0 Å². The van der Waals surface area contributed by atoms with Gasteiger partial charge in [-0.25, -0.2) is 9.97 Å². The highest BCUT2D eigenvalue weighted by molar-refractivity contribution is 5.92. The fraction of sp³-hybridized carbons (Fsp3) is 0.452. The maximum Gasteiger partial charge on any atom is 0.229 e. The molecule has 4 nitrogen and oxygen atoms in total. The van der Waals surface area contributed by atoms with E-state index in [1.165, 1.54) is 49.7 Å². The first kappa shape index (κ1) is 21.3. The molecule has 0 aliphatic heterocycles. The van der Waals surface area contributed by atoms with Crippen LogP contribution in [0.5, 0.6) is 0 Å². The summed E-state index contributed by atoms with van der Waals surface area (Å²) >= 11 is 0. The summed E-state index contributed by atoms with van der Waals surface area (Å²) in [5.41, 5.74) is 6.99. The average molecular weight is 464 g/mol. The lowest BCUT2D eigenvalue weighted by atomic mass is 9.48. The molecular weight excluding hydrogens is 430 g/mol. The van der Waals surface area contributed by atoms with Gasteiger partial charge >= 0.3 is 0 Å². The number of amides is 1. The van der Waals surface area contributed by atoms with E-state index in [0.717, 1.165) is 59.7 Å². The minimum absolute atomic E-state index is 0.00609. The molecule has 5 aliphatic rings. The van der Waals surface area contributed by atoms with Crippen LogP contribution in [0.25, 0.3) is 11.3 Å². The van der Waals surface area contributed by atoms with Gasteiger partial charge < -0.3 is 5.32 Å².